The molecule has 0 amide bonds. The third-order valence-electron chi connectivity index (χ3n) is 12.1. The second kappa shape index (κ2) is 17.7. The Balaban J connectivity index is 1.49. The van der Waals surface area contributed by atoms with Crippen LogP contribution in [0.2, 0.25) is 0 Å². The van der Waals surface area contributed by atoms with E-state index in [9.17, 15) is 19.8 Å². The molecule has 0 spiro atoms. The molecule has 0 radical (unpaired) electrons. The van der Waals surface area contributed by atoms with Gasteiger partial charge in [0.05, 0.1) is 25.3 Å². The fourth-order valence-electron chi connectivity index (χ4n) is 9.38. The van der Waals surface area contributed by atoms with Crippen LogP contribution in [0.1, 0.15) is 68.9 Å². The molecule has 2 aromatic carbocycles. The third-order valence-corrected chi connectivity index (χ3v) is 12.1. The summed E-state index contributed by atoms with van der Waals surface area (Å²) in [6.45, 7) is 4.57. The van der Waals surface area contributed by atoms with E-state index in [1.807, 2.05) is 0 Å². The van der Waals surface area contributed by atoms with Crippen molar-refractivity contribution in [2.24, 2.45) is 0 Å². The molecule has 4 unspecified atom stereocenters. The predicted molar refractivity (Wildman–Crippen MR) is 218 cm³/mol. The first kappa shape index (κ1) is 41.3. The number of halogens is 2. The minimum atomic E-state index is -1.24. The summed E-state index contributed by atoms with van der Waals surface area (Å²) in [5, 5.41) is 48.8. The zero-order chi connectivity index (χ0) is 42.1. The van der Waals surface area contributed by atoms with Crippen LogP contribution in [0.25, 0.3) is 11.1 Å². The quantitative estimate of drug-likeness (QED) is 0.102. The highest BCUT2D eigenvalue weighted by Gasteiger charge is 2.54. The van der Waals surface area contributed by atoms with Gasteiger partial charge in [-0.15, -0.1) is 0 Å². The van der Waals surface area contributed by atoms with Crippen LogP contribution in [0.5, 0.6) is 0 Å². The largest absolute Gasteiger partial charge is 0.395 e. The van der Waals surface area contributed by atoms with Crippen LogP contribution in [0.3, 0.4) is 0 Å². The molecule has 17 heteroatoms. The van der Waals surface area contributed by atoms with Crippen LogP contribution in [-0.2, 0) is 4.79 Å². The smallest absolute Gasteiger partial charge is 0.228 e. The maximum Gasteiger partial charge on any atom is 0.228 e. The Morgan fingerprint density at radius 3 is 1.47 bits per heavy atom. The van der Waals surface area contributed by atoms with Gasteiger partial charge >= 0.3 is 0 Å². The Bertz CT molecular complexity index is 2130. The van der Waals surface area contributed by atoms with Crippen LogP contribution in [0.4, 0.5) is 8.78 Å². The number of aromatic amines is 2. The number of carbonyl (C=O) groups excluding carboxylic acids is 3. The number of Topliss-reactive ketones (excluding diaryl/α,β-unsaturated/α-hetero) is 3. The van der Waals surface area contributed by atoms with Gasteiger partial charge in [-0.1, -0.05) is 24.3 Å². The second-order valence-corrected chi connectivity index (χ2v) is 15.6. The lowest BCUT2D eigenvalue weighted by molar-refractivity contribution is -0.123. The second-order valence-electron chi connectivity index (χ2n) is 15.6. The number of aliphatic hydroxyl groups is 2. The number of hydrazine groups is 2. The molecular weight excluding hydrogens is 775 g/mol. The summed E-state index contributed by atoms with van der Waals surface area (Å²) in [6, 6.07) is 8.83. The van der Waals surface area contributed by atoms with Crippen molar-refractivity contribution in [2.75, 3.05) is 52.5 Å². The van der Waals surface area contributed by atoms with E-state index in [0.29, 0.717) is 37.1 Å². The fourth-order valence-corrected chi connectivity index (χ4v) is 9.38. The summed E-state index contributed by atoms with van der Waals surface area (Å²) in [5.74, 6) is -2.59. The molecule has 6 heterocycles. The normalized spacial score (nSPS) is 23.0. The highest BCUT2D eigenvalue weighted by molar-refractivity contribution is 6.22. The van der Waals surface area contributed by atoms with E-state index >= 15 is 13.6 Å². The number of benzene rings is 2. The van der Waals surface area contributed by atoms with Crippen molar-refractivity contribution in [2.45, 2.75) is 63.7 Å². The minimum Gasteiger partial charge on any atom is -0.395 e. The van der Waals surface area contributed by atoms with E-state index in [4.69, 9.17) is 0 Å². The van der Waals surface area contributed by atoms with Crippen molar-refractivity contribution in [3.05, 3.63) is 118 Å². The number of rotatable bonds is 14. The molecule has 0 aliphatic carbocycles. The van der Waals surface area contributed by atoms with E-state index in [1.165, 1.54) is 48.8 Å². The highest BCUT2D eigenvalue weighted by Crippen LogP contribution is 2.47. The molecule has 4 aliphatic rings. The zero-order valence-corrected chi connectivity index (χ0v) is 33.6. The number of carbonyl (C=O) groups is 3. The van der Waals surface area contributed by atoms with E-state index < -0.39 is 53.2 Å². The van der Waals surface area contributed by atoms with Crippen molar-refractivity contribution in [1.82, 2.24) is 51.1 Å². The first-order valence-corrected chi connectivity index (χ1v) is 20.5. The summed E-state index contributed by atoms with van der Waals surface area (Å²) in [5.41, 5.74) is 1.91. The van der Waals surface area contributed by atoms with Crippen molar-refractivity contribution < 1.29 is 33.4 Å². The van der Waals surface area contributed by atoms with Gasteiger partial charge in [-0.3, -0.25) is 34.6 Å². The fraction of sp³-hybridized carbons (Fsp3) is 0.419. The number of nitrogens with zero attached hydrogens (tertiary/aromatic N) is 6. The lowest BCUT2D eigenvalue weighted by Crippen LogP contribution is -2.57. The van der Waals surface area contributed by atoms with Crippen LogP contribution < -0.4 is 10.6 Å². The van der Waals surface area contributed by atoms with Crippen LogP contribution >= 0.6 is 0 Å². The summed E-state index contributed by atoms with van der Waals surface area (Å²) in [6.07, 6.45) is 5.59. The molecule has 0 saturated carbocycles. The minimum absolute atomic E-state index is 0.0672. The molecular formula is C43H50F2N10O5. The van der Waals surface area contributed by atoms with Crippen molar-refractivity contribution >= 4 is 28.5 Å². The summed E-state index contributed by atoms with van der Waals surface area (Å²) < 4.78 is 31.6. The molecule has 2 aromatic heterocycles. The Hall–Kier alpha value is -5.43. The lowest BCUT2D eigenvalue weighted by atomic mass is 9.86. The Morgan fingerprint density at radius 1 is 0.683 bits per heavy atom. The summed E-state index contributed by atoms with van der Waals surface area (Å²) in [4.78, 5) is 46.5. The van der Waals surface area contributed by atoms with Gasteiger partial charge in [0.1, 0.15) is 46.5 Å². The maximum atomic E-state index is 16.7. The number of nitrogens with one attached hydrogen (secondary N) is 4. The number of β-amino-alcohol motifs (C(OH)–C–C–N with tert-alkyl or cyclic N) is 2. The van der Waals surface area contributed by atoms with Crippen LogP contribution in [0, 0.1) is 25.5 Å². The Labute approximate surface area is 346 Å². The molecule has 4 aliphatic heterocycles. The zero-order valence-electron chi connectivity index (χ0n) is 33.6. The third kappa shape index (κ3) is 7.28. The van der Waals surface area contributed by atoms with Gasteiger partial charge in [0.15, 0.2) is 0 Å². The molecule has 15 nitrogen and oxygen atoms in total. The average Bonchev–Trinajstić information content (AvgIpc) is 4.10. The number of aliphatic hydroxyl groups excluding tert-OH is 2. The standard InChI is InChI=1S/C43H50F2N10O5/c1-25-29(9-3-11-31(25)44)35-37(41(58)33-13-17-48-50-33)52(19-21-56)54(27-7-5-15-46-23-27)39(35)43(60)40-36(30-10-4-12-32(45)26(30)2)38(42(59)34-14-18-49-51-34)53(20-22-57)55(40)28-8-6-16-47-24-28/h3-4,9-14,17-18,27-28,37-38,46-47,56-57H,5-8,15-16,19-24H2,1-2H3,(H,48,50)(H,49,51). The van der Waals surface area contributed by atoms with E-state index in [-0.39, 0.29) is 71.4 Å². The Morgan fingerprint density at radius 2 is 1.12 bits per heavy atom. The van der Waals surface area contributed by atoms with Gasteiger partial charge < -0.3 is 20.8 Å². The molecule has 2 fully saturated rings. The van der Waals surface area contributed by atoms with Crippen LogP contribution in [-0.4, -0.2) is 145 Å². The molecule has 6 N–H and O–H groups in total. The number of piperidine rings is 2. The number of H-pyrrole nitrogens is 2. The molecule has 60 heavy (non-hydrogen) atoms. The number of hydrogen-bond acceptors (Lipinski definition) is 13. The van der Waals surface area contributed by atoms with Gasteiger partial charge in [0.2, 0.25) is 17.3 Å². The summed E-state index contributed by atoms with van der Waals surface area (Å²) in [7, 11) is 0. The number of aromatic nitrogens is 4. The number of ketones is 3. The molecule has 4 aromatic rings. The van der Waals surface area contributed by atoms with E-state index in [2.05, 4.69) is 31.0 Å². The van der Waals surface area contributed by atoms with Crippen molar-refractivity contribution in [3.8, 4) is 0 Å². The average molecular weight is 825 g/mol. The van der Waals surface area contributed by atoms with E-state index in [0.717, 1.165) is 25.9 Å². The van der Waals surface area contributed by atoms with Gasteiger partial charge in [0.25, 0.3) is 0 Å². The highest BCUT2D eigenvalue weighted by atomic mass is 19.1. The topological polar surface area (TPSA) is 186 Å². The van der Waals surface area contributed by atoms with Crippen molar-refractivity contribution in [1.29, 1.82) is 0 Å². The molecule has 2 saturated heterocycles. The van der Waals surface area contributed by atoms with Gasteiger partial charge in [-0.2, -0.15) is 10.2 Å². The molecule has 316 valence electrons. The lowest BCUT2D eigenvalue weighted by Gasteiger charge is -2.43. The van der Waals surface area contributed by atoms with Crippen LogP contribution in [0.15, 0.2) is 72.3 Å². The molecule has 4 atom stereocenters. The first-order chi connectivity index (χ1) is 29.2. The SMILES string of the molecule is Cc1c(F)cccc1C1=C(C(=O)C2=C(c3cccc(F)c3C)C(C(=O)c3ccn[nH]3)N(CCO)N2C2CCCNC2)N(C2CCCNC2)N(CCO)C1C(=O)c1ccn[nH]1. The predicted octanol–water partition coefficient (Wildman–Crippen LogP) is 2.78. The number of hydrogen-bond donors (Lipinski definition) is 6. The van der Waals surface area contributed by atoms with Gasteiger partial charge in [-0.05, 0) is 99.1 Å². The molecule has 8 rings (SSSR count). The molecule has 0 bridgehead atoms. The first-order valence-electron chi connectivity index (χ1n) is 20.5. The summed E-state index contributed by atoms with van der Waals surface area (Å²) >= 11 is 0. The van der Waals surface area contributed by atoms with E-state index in [1.54, 1.807) is 46.0 Å². The monoisotopic (exact) mass is 824 g/mol. The Kier molecular flexibility index (Phi) is 12.2. The van der Waals surface area contributed by atoms with Gasteiger partial charge in [0, 0.05) is 49.7 Å². The van der Waals surface area contributed by atoms with Crippen molar-refractivity contribution in [3.63, 3.8) is 0 Å². The maximum absolute atomic E-state index is 16.7. The van der Waals surface area contributed by atoms with Gasteiger partial charge in [-0.25, -0.2) is 18.8 Å².